The summed E-state index contributed by atoms with van der Waals surface area (Å²) in [6.07, 6.45) is 12.3. The molecular weight excluding hydrogens is 680 g/mol. The Kier molecular flexibility index (Phi) is 9.79. The van der Waals surface area contributed by atoms with E-state index in [0.717, 1.165) is 33.9 Å². The molecule has 2 aliphatic heterocycles. The molecule has 11 heteroatoms. The van der Waals surface area contributed by atoms with Gasteiger partial charge in [-0.3, -0.25) is 0 Å². The number of aliphatic hydroxyl groups is 2. The van der Waals surface area contributed by atoms with Crippen molar-refractivity contribution in [1.82, 2.24) is 0 Å². The van der Waals surface area contributed by atoms with Crippen molar-refractivity contribution in [2.24, 2.45) is 0 Å². The summed E-state index contributed by atoms with van der Waals surface area (Å²) in [5, 5.41) is 22.6. The summed E-state index contributed by atoms with van der Waals surface area (Å²) in [6.45, 7) is 11.8. The predicted molar refractivity (Wildman–Crippen MR) is 200 cm³/mol. The number of benzene rings is 2. The maximum atomic E-state index is 11.8. The Labute approximate surface area is 307 Å². The van der Waals surface area contributed by atoms with Crippen molar-refractivity contribution in [2.45, 2.75) is 96.6 Å². The van der Waals surface area contributed by atoms with E-state index in [-0.39, 0.29) is 6.10 Å². The van der Waals surface area contributed by atoms with Gasteiger partial charge in [0.1, 0.15) is 47.2 Å². The molecule has 0 aliphatic carbocycles. The first kappa shape index (κ1) is 36.5. The minimum Gasteiger partial charge on any atom is -0.488 e. The normalized spacial score (nSPS) is 20.7. The lowest BCUT2D eigenvalue weighted by Gasteiger charge is -2.30. The third-order valence-electron chi connectivity index (χ3n) is 9.96. The van der Waals surface area contributed by atoms with Gasteiger partial charge in [-0.15, -0.1) is 0 Å². The van der Waals surface area contributed by atoms with Crippen LogP contribution >= 0.6 is 0 Å². The summed E-state index contributed by atoms with van der Waals surface area (Å²) in [5.41, 5.74) is 2.26. The van der Waals surface area contributed by atoms with E-state index in [9.17, 15) is 15.0 Å². The number of aliphatic hydroxyl groups excluding tert-OH is 1. The van der Waals surface area contributed by atoms with Crippen molar-refractivity contribution in [3.8, 4) is 17.2 Å². The summed E-state index contributed by atoms with van der Waals surface area (Å²) >= 11 is 0. The van der Waals surface area contributed by atoms with Crippen LogP contribution in [0.5, 0.6) is 17.2 Å². The number of rotatable bonds is 13. The standard InChI is InChI=1S/C42H46O11/c1-25(7-10-35(43)40(3,4)45)14-19-49-39-28-13-18-42(51-34(28)24-32-30(39)17-22-47-32)52-36(41(5,6)53-42)11-8-26(2)15-20-48-38-27-9-12-37(44)50-33(27)23-31-29(38)16-21-46-31/h9,12-18,21-24,35-36,43,45H,7-8,10-11,19-20H2,1-6H3. The van der Waals surface area contributed by atoms with Crippen LogP contribution < -0.4 is 19.8 Å². The largest absolute Gasteiger partial charge is 0.488 e. The van der Waals surface area contributed by atoms with Crippen molar-refractivity contribution in [1.29, 1.82) is 0 Å². The zero-order valence-corrected chi connectivity index (χ0v) is 30.9. The molecule has 2 aliphatic rings. The van der Waals surface area contributed by atoms with E-state index in [1.54, 1.807) is 44.6 Å². The molecule has 0 bridgehead atoms. The van der Waals surface area contributed by atoms with Crippen molar-refractivity contribution in [3.63, 3.8) is 0 Å². The highest BCUT2D eigenvalue weighted by Crippen LogP contribution is 2.48. The highest BCUT2D eigenvalue weighted by Gasteiger charge is 2.54. The zero-order valence-electron chi connectivity index (χ0n) is 30.9. The molecular formula is C42H46O11. The highest BCUT2D eigenvalue weighted by molar-refractivity contribution is 6.01. The van der Waals surface area contributed by atoms with Crippen molar-refractivity contribution in [3.05, 3.63) is 94.3 Å². The first-order valence-electron chi connectivity index (χ1n) is 17.9. The highest BCUT2D eigenvalue weighted by atomic mass is 16.9. The summed E-state index contributed by atoms with van der Waals surface area (Å²) < 4.78 is 48.7. The molecule has 1 fully saturated rings. The third-order valence-corrected chi connectivity index (χ3v) is 9.96. The Hall–Kier alpha value is -4.81. The van der Waals surface area contributed by atoms with Gasteiger partial charge in [-0.2, -0.15) is 0 Å². The maximum absolute atomic E-state index is 11.8. The van der Waals surface area contributed by atoms with Gasteiger partial charge in [0, 0.05) is 24.3 Å². The lowest BCUT2D eigenvalue weighted by atomic mass is 9.96. The second kappa shape index (κ2) is 14.2. The molecule has 5 aromatic rings. The quantitative estimate of drug-likeness (QED) is 0.0890. The molecule has 3 unspecified atom stereocenters. The second-order valence-corrected chi connectivity index (χ2v) is 15.0. The second-order valence-electron chi connectivity index (χ2n) is 15.0. The molecule has 5 heterocycles. The van der Waals surface area contributed by atoms with Crippen LogP contribution in [-0.4, -0.2) is 52.8 Å². The van der Waals surface area contributed by atoms with Crippen LogP contribution in [0.2, 0.25) is 0 Å². The summed E-state index contributed by atoms with van der Waals surface area (Å²) in [4.78, 5) is 11.8. The maximum Gasteiger partial charge on any atom is 0.350 e. The first-order valence-corrected chi connectivity index (χ1v) is 17.9. The number of furan rings is 2. The molecule has 0 amide bonds. The zero-order chi connectivity index (χ0) is 37.5. The van der Waals surface area contributed by atoms with E-state index in [2.05, 4.69) is 6.92 Å². The fraction of sp³-hybridized carbons (Fsp3) is 0.405. The number of allylic oxidation sites excluding steroid dienone is 2. The van der Waals surface area contributed by atoms with Crippen LogP contribution in [0.15, 0.2) is 96.3 Å². The average molecular weight is 727 g/mol. The van der Waals surface area contributed by atoms with E-state index < -0.39 is 28.9 Å². The Morgan fingerprint density at radius 1 is 0.906 bits per heavy atom. The molecule has 3 aromatic heterocycles. The van der Waals surface area contributed by atoms with Crippen molar-refractivity contribution in [2.75, 3.05) is 13.2 Å². The summed E-state index contributed by atoms with van der Waals surface area (Å²) in [5.74, 6) is 0.318. The molecule has 0 saturated carbocycles. The van der Waals surface area contributed by atoms with Gasteiger partial charge in [-0.25, -0.2) is 4.79 Å². The Balaban J connectivity index is 1.000. The Bertz CT molecular complexity index is 2280. The van der Waals surface area contributed by atoms with Gasteiger partial charge in [0.15, 0.2) is 0 Å². The van der Waals surface area contributed by atoms with Gasteiger partial charge >= 0.3 is 11.6 Å². The lowest BCUT2D eigenvalue weighted by Crippen LogP contribution is -2.38. The van der Waals surface area contributed by atoms with Crippen molar-refractivity contribution >= 4 is 39.0 Å². The van der Waals surface area contributed by atoms with Crippen LogP contribution in [0.25, 0.3) is 39.0 Å². The first-order chi connectivity index (χ1) is 25.2. The van der Waals surface area contributed by atoms with E-state index in [0.29, 0.717) is 71.9 Å². The fourth-order valence-electron chi connectivity index (χ4n) is 6.75. The van der Waals surface area contributed by atoms with Gasteiger partial charge in [0.25, 0.3) is 0 Å². The summed E-state index contributed by atoms with van der Waals surface area (Å²) in [7, 11) is 0. The van der Waals surface area contributed by atoms with Gasteiger partial charge in [-0.1, -0.05) is 11.1 Å². The van der Waals surface area contributed by atoms with Gasteiger partial charge < -0.3 is 47.1 Å². The molecule has 1 spiro atoms. The molecule has 1 saturated heterocycles. The van der Waals surface area contributed by atoms with E-state index in [1.807, 2.05) is 57.2 Å². The smallest absolute Gasteiger partial charge is 0.350 e. The minimum absolute atomic E-state index is 0.282. The van der Waals surface area contributed by atoms with E-state index in [4.69, 9.17) is 36.9 Å². The summed E-state index contributed by atoms with van der Waals surface area (Å²) in [6, 6.07) is 10.3. The fourth-order valence-corrected chi connectivity index (χ4v) is 6.75. The molecule has 2 aromatic carbocycles. The molecule has 0 radical (unpaired) electrons. The number of fused-ring (bicyclic) bond motifs is 4. The number of hydrogen-bond acceptors (Lipinski definition) is 11. The topological polar surface area (TPSA) is 143 Å². The van der Waals surface area contributed by atoms with Crippen LogP contribution in [0, 0.1) is 0 Å². The molecule has 2 N–H and O–H groups in total. The Morgan fingerprint density at radius 3 is 2.26 bits per heavy atom. The Morgan fingerprint density at radius 2 is 1.55 bits per heavy atom. The molecule has 7 rings (SSSR count). The van der Waals surface area contributed by atoms with Crippen LogP contribution in [0.3, 0.4) is 0 Å². The lowest BCUT2D eigenvalue weighted by molar-refractivity contribution is -0.270. The van der Waals surface area contributed by atoms with Crippen LogP contribution in [-0.2, 0) is 9.47 Å². The van der Waals surface area contributed by atoms with Gasteiger partial charge in [0.2, 0.25) is 0 Å². The molecule has 53 heavy (non-hydrogen) atoms. The average Bonchev–Trinajstić information content (AvgIpc) is 3.82. The van der Waals surface area contributed by atoms with Gasteiger partial charge in [0.05, 0.1) is 57.7 Å². The monoisotopic (exact) mass is 726 g/mol. The van der Waals surface area contributed by atoms with E-state index >= 15 is 0 Å². The molecule has 11 nitrogen and oxygen atoms in total. The van der Waals surface area contributed by atoms with Crippen LogP contribution in [0.1, 0.15) is 72.8 Å². The minimum atomic E-state index is -1.42. The van der Waals surface area contributed by atoms with Gasteiger partial charge in [-0.05, 0) is 104 Å². The molecule has 280 valence electrons. The number of hydrogen-bond donors (Lipinski definition) is 2. The van der Waals surface area contributed by atoms with E-state index in [1.165, 1.54) is 6.07 Å². The van der Waals surface area contributed by atoms with Crippen molar-refractivity contribution < 1.29 is 47.1 Å². The predicted octanol–water partition coefficient (Wildman–Crippen LogP) is 8.58. The third kappa shape index (κ3) is 7.66. The number of ether oxygens (including phenoxy) is 5. The van der Waals surface area contributed by atoms with Crippen LogP contribution in [0.4, 0.5) is 0 Å². The molecule has 3 atom stereocenters. The SMILES string of the molecule is CC(=CCOc1c2c(cc3occc13)OC1(C=C2)OC(CCC(C)=CCOc2c3ccoc3cc3oc(=O)ccc23)C(C)(C)O1)CCC(O)C(C)(C)O.